The quantitative estimate of drug-likeness (QED) is 0.344. The van der Waals surface area contributed by atoms with Gasteiger partial charge in [0.15, 0.2) is 11.6 Å². The van der Waals surface area contributed by atoms with E-state index < -0.39 is 0 Å². The van der Waals surface area contributed by atoms with Crippen LogP contribution in [0.1, 0.15) is 24.2 Å². The Labute approximate surface area is 191 Å². The van der Waals surface area contributed by atoms with Crippen molar-refractivity contribution in [1.29, 1.82) is 0 Å². The lowest BCUT2D eigenvalue weighted by Crippen LogP contribution is -2.06. The summed E-state index contributed by atoms with van der Waals surface area (Å²) in [6.45, 7) is 0. The number of nitrogens with zero attached hydrogens (tertiary/aromatic N) is 3. The minimum atomic E-state index is 0.168. The van der Waals surface area contributed by atoms with Gasteiger partial charge in [-0.25, -0.2) is 4.98 Å². The molecule has 2 aromatic heterocycles. The third-order valence-electron chi connectivity index (χ3n) is 6.10. The van der Waals surface area contributed by atoms with Gasteiger partial charge in [0.05, 0.1) is 5.56 Å². The van der Waals surface area contributed by atoms with E-state index in [4.69, 9.17) is 21.0 Å². The highest BCUT2D eigenvalue weighted by Gasteiger charge is 2.26. The van der Waals surface area contributed by atoms with Crippen LogP contribution < -0.4 is 0 Å². The Morgan fingerprint density at radius 2 is 1.78 bits per heavy atom. The molecule has 1 unspecified atom stereocenters. The smallest absolute Gasteiger partial charge is 0.226 e. The van der Waals surface area contributed by atoms with Gasteiger partial charge in [0.2, 0.25) is 5.28 Å². The van der Waals surface area contributed by atoms with Gasteiger partial charge in [0.25, 0.3) is 0 Å². The Balaban J connectivity index is 1.50. The van der Waals surface area contributed by atoms with E-state index in [1.165, 1.54) is 11.1 Å². The Kier molecular flexibility index (Phi) is 4.73. The first-order chi connectivity index (χ1) is 15.8. The van der Waals surface area contributed by atoms with Crippen LogP contribution in [0.25, 0.3) is 39.3 Å². The molecule has 6 rings (SSSR count). The predicted octanol–water partition coefficient (Wildman–Crippen LogP) is 7.07. The van der Waals surface area contributed by atoms with Crippen molar-refractivity contribution >= 4 is 28.1 Å². The second-order valence-electron chi connectivity index (χ2n) is 8.06. The molecule has 0 aliphatic heterocycles. The molecular weight excluding hydrogens is 418 g/mol. The lowest BCUT2D eigenvalue weighted by molar-refractivity contribution is 0.579. The molecule has 0 fully saturated rings. The van der Waals surface area contributed by atoms with Crippen LogP contribution >= 0.6 is 11.6 Å². The molecule has 5 heteroatoms. The molecule has 2 aromatic carbocycles. The van der Waals surface area contributed by atoms with Crippen LogP contribution in [-0.2, 0) is 6.42 Å². The van der Waals surface area contributed by atoms with Crippen LogP contribution in [0.4, 0.5) is 0 Å². The number of benzene rings is 2. The molecule has 0 radical (unpaired) electrons. The van der Waals surface area contributed by atoms with Crippen LogP contribution in [-0.4, -0.2) is 15.0 Å². The van der Waals surface area contributed by atoms with Crippen LogP contribution in [0.5, 0.6) is 0 Å². The molecule has 0 amide bonds. The number of hydrogen-bond donors (Lipinski definition) is 0. The number of rotatable bonds is 3. The maximum Gasteiger partial charge on any atom is 0.226 e. The van der Waals surface area contributed by atoms with Crippen molar-refractivity contribution in [1.82, 2.24) is 15.0 Å². The summed E-state index contributed by atoms with van der Waals surface area (Å²) in [7, 11) is 0. The molecular formula is C27H20ClN3O. The van der Waals surface area contributed by atoms with Crippen molar-refractivity contribution in [3.63, 3.8) is 0 Å². The largest absolute Gasteiger partial charge is 0.455 e. The van der Waals surface area contributed by atoms with E-state index in [1.54, 1.807) is 0 Å². The SMILES string of the molecule is Clc1nc(-c2ccccc2)nc(-c2cccc3c4c(oc23)C(C2C=CC=CC2)=CCC4)n1. The van der Waals surface area contributed by atoms with E-state index in [2.05, 4.69) is 46.4 Å². The van der Waals surface area contributed by atoms with Gasteiger partial charge < -0.3 is 4.42 Å². The van der Waals surface area contributed by atoms with Gasteiger partial charge in [0, 0.05) is 22.4 Å². The van der Waals surface area contributed by atoms with Crippen LogP contribution in [0.2, 0.25) is 5.28 Å². The number of aromatic nitrogens is 3. The minimum Gasteiger partial charge on any atom is -0.455 e. The van der Waals surface area contributed by atoms with Crippen LogP contribution in [0.15, 0.2) is 83.3 Å². The van der Waals surface area contributed by atoms with E-state index in [9.17, 15) is 0 Å². The van der Waals surface area contributed by atoms with Crippen LogP contribution in [0, 0.1) is 5.92 Å². The molecule has 0 N–H and O–H groups in total. The van der Waals surface area contributed by atoms with Crippen molar-refractivity contribution < 1.29 is 4.42 Å². The Bertz CT molecular complexity index is 1420. The maximum absolute atomic E-state index is 6.56. The number of aryl methyl sites for hydroxylation is 1. The van der Waals surface area contributed by atoms with E-state index in [1.807, 2.05) is 42.5 Å². The first kappa shape index (κ1) is 19.2. The second-order valence-corrected chi connectivity index (χ2v) is 8.40. The molecule has 2 aliphatic rings. The van der Waals surface area contributed by atoms with E-state index in [0.717, 1.165) is 47.1 Å². The minimum absolute atomic E-state index is 0.168. The zero-order valence-electron chi connectivity index (χ0n) is 17.3. The Morgan fingerprint density at radius 3 is 2.62 bits per heavy atom. The maximum atomic E-state index is 6.56. The number of para-hydroxylation sites is 1. The fraction of sp³-hybridized carbons (Fsp3) is 0.148. The highest BCUT2D eigenvalue weighted by molar-refractivity contribution is 6.28. The molecule has 0 bridgehead atoms. The van der Waals surface area contributed by atoms with Crippen LogP contribution in [0.3, 0.4) is 0 Å². The van der Waals surface area contributed by atoms with Gasteiger partial charge in [-0.3, -0.25) is 0 Å². The fourth-order valence-electron chi connectivity index (χ4n) is 4.61. The summed E-state index contributed by atoms with van der Waals surface area (Å²) in [5.41, 5.74) is 5.07. The summed E-state index contributed by atoms with van der Waals surface area (Å²) in [5.74, 6) is 2.41. The van der Waals surface area contributed by atoms with Gasteiger partial charge in [-0.05, 0) is 42.5 Å². The number of fused-ring (bicyclic) bond motifs is 3. The van der Waals surface area contributed by atoms with Crippen molar-refractivity contribution in [2.45, 2.75) is 19.3 Å². The molecule has 1 atom stereocenters. The van der Waals surface area contributed by atoms with E-state index in [0.29, 0.717) is 17.6 Å². The van der Waals surface area contributed by atoms with Gasteiger partial charge in [-0.1, -0.05) is 72.8 Å². The third-order valence-corrected chi connectivity index (χ3v) is 6.27. The molecule has 0 saturated heterocycles. The van der Waals surface area contributed by atoms with E-state index >= 15 is 0 Å². The average Bonchev–Trinajstić information content (AvgIpc) is 3.24. The fourth-order valence-corrected chi connectivity index (χ4v) is 4.77. The van der Waals surface area contributed by atoms with Crippen molar-refractivity contribution in [2.24, 2.45) is 5.92 Å². The van der Waals surface area contributed by atoms with Gasteiger partial charge in [0.1, 0.15) is 11.3 Å². The Morgan fingerprint density at radius 1 is 0.906 bits per heavy atom. The first-order valence-corrected chi connectivity index (χ1v) is 11.2. The summed E-state index contributed by atoms with van der Waals surface area (Å²) in [6, 6.07) is 16.0. The molecule has 0 saturated carbocycles. The predicted molar refractivity (Wildman–Crippen MR) is 128 cm³/mol. The number of hydrogen-bond acceptors (Lipinski definition) is 4. The van der Waals surface area contributed by atoms with Gasteiger partial charge >= 0.3 is 0 Å². The molecule has 2 heterocycles. The number of halogens is 1. The summed E-state index contributed by atoms with van der Waals surface area (Å²) >= 11 is 6.31. The molecule has 156 valence electrons. The molecule has 2 aliphatic carbocycles. The summed E-state index contributed by atoms with van der Waals surface area (Å²) in [6.07, 6.45) is 14.0. The zero-order chi connectivity index (χ0) is 21.5. The summed E-state index contributed by atoms with van der Waals surface area (Å²) in [4.78, 5) is 13.5. The van der Waals surface area contributed by atoms with E-state index in [-0.39, 0.29) is 5.28 Å². The highest BCUT2D eigenvalue weighted by atomic mass is 35.5. The Hall–Kier alpha value is -3.50. The summed E-state index contributed by atoms with van der Waals surface area (Å²) in [5, 5.41) is 1.29. The number of allylic oxidation sites excluding steroid dienone is 6. The highest BCUT2D eigenvalue weighted by Crippen LogP contribution is 2.42. The second kappa shape index (κ2) is 7.88. The van der Waals surface area contributed by atoms with Crippen molar-refractivity contribution in [3.05, 3.63) is 95.5 Å². The van der Waals surface area contributed by atoms with Crippen molar-refractivity contribution in [3.8, 4) is 22.8 Å². The molecule has 32 heavy (non-hydrogen) atoms. The summed E-state index contributed by atoms with van der Waals surface area (Å²) < 4.78 is 6.56. The average molecular weight is 438 g/mol. The molecule has 4 nitrogen and oxygen atoms in total. The molecule has 0 spiro atoms. The lowest BCUT2D eigenvalue weighted by Gasteiger charge is -2.20. The third kappa shape index (κ3) is 3.28. The standard InChI is InChI=1S/C27H20ClN3O/c28-27-30-25(18-11-5-2-6-12-18)29-26(31-27)22-16-8-15-21-20-14-7-13-19(23(20)32-24(21)22)17-9-3-1-4-10-17/h1-6,8-9,11-13,15-17H,7,10,14H2. The normalized spacial score (nSPS) is 17.4. The molecule has 4 aromatic rings. The lowest BCUT2D eigenvalue weighted by atomic mass is 9.84. The zero-order valence-corrected chi connectivity index (χ0v) is 18.1. The topological polar surface area (TPSA) is 51.8 Å². The van der Waals surface area contributed by atoms with Gasteiger partial charge in [-0.2, -0.15) is 9.97 Å². The monoisotopic (exact) mass is 437 g/mol. The first-order valence-electron chi connectivity index (χ1n) is 10.8. The number of furan rings is 1. The van der Waals surface area contributed by atoms with Crippen molar-refractivity contribution in [2.75, 3.05) is 0 Å². The van der Waals surface area contributed by atoms with Gasteiger partial charge in [-0.15, -0.1) is 0 Å².